The first-order valence-corrected chi connectivity index (χ1v) is 9.02. The summed E-state index contributed by atoms with van der Waals surface area (Å²) < 4.78 is 0. The van der Waals surface area contributed by atoms with Crippen LogP contribution in [0, 0.1) is 6.92 Å². The third-order valence-corrected chi connectivity index (χ3v) is 4.85. The van der Waals surface area contributed by atoms with Crippen LogP contribution in [0.15, 0.2) is 48.5 Å². The molecule has 2 aromatic rings. The van der Waals surface area contributed by atoms with Crippen molar-refractivity contribution in [3.05, 3.63) is 64.7 Å². The van der Waals surface area contributed by atoms with Gasteiger partial charge in [0, 0.05) is 28.8 Å². The molecule has 22 heavy (non-hydrogen) atoms. The van der Waals surface area contributed by atoms with Gasteiger partial charge in [-0.05, 0) is 42.4 Å². The summed E-state index contributed by atoms with van der Waals surface area (Å²) in [4.78, 5) is 0. The Balaban J connectivity index is 1.67. The highest BCUT2D eigenvalue weighted by Crippen LogP contribution is 2.22. The third-order valence-electron chi connectivity index (χ3n) is 3.16. The second-order valence-electron chi connectivity index (χ2n) is 4.83. The van der Waals surface area contributed by atoms with E-state index in [2.05, 4.69) is 34.9 Å². The van der Waals surface area contributed by atoms with Crippen molar-refractivity contribution in [3.8, 4) is 0 Å². The molecule has 0 aliphatic carbocycles. The molecule has 0 amide bonds. The average Bonchev–Trinajstić information content (AvgIpc) is 2.52. The number of hydrogen-bond acceptors (Lipinski definition) is 2. The zero-order chi connectivity index (χ0) is 15.8. The van der Waals surface area contributed by atoms with Gasteiger partial charge >= 0.3 is 0 Å². The van der Waals surface area contributed by atoms with E-state index in [4.69, 9.17) is 23.8 Å². The molecule has 0 aliphatic rings. The maximum atomic E-state index is 6.09. The van der Waals surface area contributed by atoms with Crippen LogP contribution in [0.3, 0.4) is 0 Å². The van der Waals surface area contributed by atoms with E-state index in [1.54, 1.807) is 0 Å². The molecule has 0 unspecified atom stereocenters. The highest BCUT2D eigenvalue weighted by Gasteiger charge is 2.03. The van der Waals surface area contributed by atoms with Gasteiger partial charge in [0.05, 0.1) is 0 Å². The zero-order valence-corrected chi connectivity index (χ0v) is 14.8. The molecule has 0 saturated heterocycles. The molecule has 0 heterocycles. The van der Waals surface area contributed by atoms with Crippen LogP contribution >= 0.6 is 35.6 Å². The van der Waals surface area contributed by atoms with Crippen LogP contribution in [0.25, 0.3) is 0 Å². The summed E-state index contributed by atoms with van der Waals surface area (Å²) >= 11 is 13.3. The number of hydrogen-bond donors (Lipinski definition) is 2. The molecule has 0 spiro atoms. The topological polar surface area (TPSA) is 24.1 Å². The molecule has 2 rings (SSSR count). The van der Waals surface area contributed by atoms with E-state index in [1.165, 1.54) is 5.56 Å². The normalized spacial score (nSPS) is 10.3. The van der Waals surface area contributed by atoms with E-state index in [0.29, 0.717) is 5.11 Å². The van der Waals surface area contributed by atoms with Crippen LogP contribution in [0.5, 0.6) is 0 Å². The largest absolute Gasteiger partial charge is 0.362 e. The predicted octanol–water partition coefficient (Wildman–Crippen LogP) is 4.87. The molecule has 5 heteroatoms. The van der Waals surface area contributed by atoms with Crippen molar-refractivity contribution in [2.75, 3.05) is 17.6 Å². The van der Waals surface area contributed by atoms with Gasteiger partial charge in [0.2, 0.25) is 0 Å². The smallest absolute Gasteiger partial charge is 0.170 e. The summed E-state index contributed by atoms with van der Waals surface area (Å²) in [6.45, 7) is 2.81. The van der Waals surface area contributed by atoms with E-state index < -0.39 is 0 Å². The van der Waals surface area contributed by atoms with Crippen LogP contribution in [-0.2, 0) is 5.75 Å². The standard InChI is InChI=1S/C17H19ClN2S2/c1-13-15(18)8-5-9-16(13)20-17(21)19-10-11-22-12-14-6-3-2-4-7-14/h2-9H,10-12H2,1H3,(H2,19,20,21). The quantitative estimate of drug-likeness (QED) is 0.573. The molecule has 0 fully saturated rings. The van der Waals surface area contributed by atoms with Crippen molar-refractivity contribution in [1.82, 2.24) is 5.32 Å². The van der Waals surface area contributed by atoms with Gasteiger partial charge in [-0.15, -0.1) is 0 Å². The Hall–Kier alpha value is -1.23. The molecule has 2 nitrogen and oxygen atoms in total. The summed E-state index contributed by atoms with van der Waals surface area (Å²) in [5.41, 5.74) is 3.30. The highest BCUT2D eigenvalue weighted by molar-refractivity contribution is 7.98. The molecule has 0 saturated carbocycles. The van der Waals surface area contributed by atoms with Crippen LogP contribution in [0.1, 0.15) is 11.1 Å². The minimum absolute atomic E-state index is 0.630. The lowest BCUT2D eigenvalue weighted by Crippen LogP contribution is -2.30. The third kappa shape index (κ3) is 5.52. The molecule has 2 N–H and O–H groups in total. The van der Waals surface area contributed by atoms with Crippen molar-refractivity contribution in [1.29, 1.82) is 0 Å². The maximum absolute atomic E-state index is 6.09. The van der Waals surface area contributed by atoms with Crippen LogP contribution in [-0.4, -0.2) is 17.4 Å². The van der Waals surface area contributed by atoms with Crippen molar-refractivity contribution in [2.45, 2.75) is 12.7 Å². The predicted molar refractivity (Wildman–Crippen MR) is 103 cm³/mol. The van der Waals surface area contributed by atoms with Gasteiger partial charge in [-0.2, -0.15) is 11.8 Å². The van der Waals surface area contributed by atoms with E-state index in [-0.39, 0.29) is 0 Å². The van der Waals surface area contributed by atoms with E-state index in [9.17, 15) is 0 Å². The van der Waals surface area contributed by atoms with Gasteiger partial charge in [-0.3, -0.25) is 0 Å². The van der Waals surface area contributed by atoms with Gasteiger partial charge in [0.25, 0.3) is 0 Å². The Morgan fingerprint density at radius 3 is 2.68 bits per heavy atom. The first-order valence-electron chi connectivity index (χ1n) is 7.08. The number of thiocarbonyl (C=S) groups is 1. The lowest BCUT2D eigenvalue weighted by Gasteiger charge is -2.13. The summed E-state index contributed by atoms with van der Waals surface area (Å²) in [7, 11) is 0. The Kier molecular flexibility index (Phi) is 7.03. The average molecular weight is 351 g/mol. The summed E-state index contributed by atoms with van der Waals surface area (Å²) in [6, 6.07) is 16.2. The lowest BCUT2D eigenvalue weighted by molar-refractivity contribution is 0.989. The van der Waals surface area contributed by atoms with Crippen molar-refractivity contribution in [2.24, 2.45) is 0 Å². The number of thioether (sulfide) groups is 1. The lowest BCUT2D eigenvalue weighted by atomic mass is 10.2. The van der Waals surface area contributed by atoms with E-state index in [0.717, 1.165) is 34.3 Å². The van der Waals surface area contributed by atoms with Gasteiger partial charge in [0.1, 0.15) is 0 Å². The van der Waals surface area contributed by atoms with Crippen molar-refractivity contribution >= 4 is 46.4 Å². The van der Waals surface area contributed by atoms with Crippen molar-refractivity contribution in [3.63, 3.8) is 0 Å². The molecular formula is C17H19ClN2S2. The first kappa shape index (κ1) is 17.1. The van der Waals surface area contributed by atoms with E-state index in [1.807, 2.05) is 43.0 Å². The second kappa shape index (κ2) is 9.03. The zero-order valence-electron chi connectivity index (χ0n) is 12.4. The summed E-state index contributed by atoms with van der Waals surface area (Å²) in [5, 5.41) is 7.78. The molecule has 0 radical (unpaired) electrons. The number of nitrogens with one attached hydrogen (secondary N) is 2. The van der Waals surface area contributed by atoms with Crippen LogP contribution in [0.4, 0.5) is 5.69 Å². The Morgan fingerprint density at radius 1 is 1.14 bits per heavy atom. The van der Waals surface area contributed by atoms with Crippen LogP contribution < -0.4 is 10.6 Å². The number of benzene rings is 2. The molecule has 0 bridgehead atoms. The fraction of sp³-hybridized carbons (Fsp3) is 0.235. The summed E-state index contributed by atoms with van der Waals surface area (Å²) in [5.74, 6) is 2.03. The Morgan fingerprint density at radius 2 is 1.91 bits per heavy atom. The minimum Gasteiger partial charge on any atom is -0.362 e. The molecule has 116 valence electrons. The molecule has 0 atom stereocenters. The van der Waals surface area contributed by atoms with Gasteiger partial charge in [-0.1, -0.05) is 48.0 Å². The Labute approximate surface area is 146 Å². The van der Waals surface area contributed by atoms with Gasteiger partial charge in [-0.25, -0.2) is 0 Å². The van der Waals surface area contributed by atoms with Gasteiger partial charge in [0.15, 0.2) is 5.11 Å². The van der Waals surface area contributed by atoms with Crippen molar-refractivity contribution < 1.29 is 0 Å². The Bertz CT molecular complexity index is 617. The SMILES string of the molecule is Cc1c(Cl)cccc1NC(=S)NCCSCc1ccccc1. The number of halogens is 1. The molecule has 2 aromatic carbocycles. The molecular weight excluding hydrogens is 332 g/mol. The monoisotopic (exact) mass is 350 g/mol. The fourth-order valence-electron chi connectivity index (χ4n) is 1.91. The molecule has 0 aromatic heterocycles. The summed E-state index contributed by atoms with van der Waals surface area (Å²) in [6.07, 6.45) is 0. The first-order chi connectivity index (χ1) is 10.7. The fourth-order valence-corrected chi connectivity index (χ4v) is 3.12. The number of rotatable bonds is 6. The van der Waals surface area contributed by atoms with Gasteiger partial charge < -0.3 is 10.6 Å². The van der Waals surface area contributed by atoms with E-state index >= 15 is 0 Å². The van der Waals surface area contributed by atoms with Crippen LogP contribution in [0.2, 0.25) is 5.02 Å². The molecule has 0 aliphatic heterocycles. The minimum atomic E-state index is 0.630. The number of anilines is 1. The second-order valence-corrected chi connectivity index (χ2v) is 6.75. The maximum Gasteiger partial charge on any atom is 0.170 e. The highest BCUT2D eigenvalue weighted by atomic mass is 35.5.